The van der Waals surface area contributed by atoms with E-state index in [0.717, 1.165) is 17.9 Å². The Kier molecular flexibility index (Phi) is 6.49. The molecule has 0 saturated heterocycles. The molecule has 0 amide bonds. The maximum absolute atomic E-state index is 6.07. The predicted molar refractivity (Wildman–Crippen MR) is 105 cm³/mol. The normalized spacial score (nSPS) is 12.7. The van der Waals surface area contributed by atoms with Crippen LogP contribution in [0.3, 0.4) is 0 Å². The first kappa shape index (κ1) is 19.3. The molecule has 0 radical (unpaired) electrons. The molecular formula is C22H31NO2. The van der Waals surface area contributed by atoms with E-state index in [1.165, 1.54) is 16.7 Å². The van der Waals surface area contributed by atoms with Gasteiger partial charge in [0, 0.05) is 5.92 Å². The lowest BCUT2D eigenvalue weighted by atomic mass is 9.84. The Balaban J connectivity index is 2.20. The molecular weight excluding hydrogens is 310 g/mol. The lowest BCUT2D eigenvalue weighted by Crippen LogP contribution is -2.16. The number of hydrogen-bond donors (Lipinski definition) is 1. The van der Waals surface area contributed by atoms with Gasteiger partial charge in [0.1, 0.15) is 0 Å². The maximum atomic E-state index is 6.07. The summed E-state index contributed by atoms with van der Waals surface area (Å²) < 4.78 is 11.1. The van der Waals surface area contributed by atoms with Crippen LogP contribution in [0.15, 0.2) is 42.5 Å². The lowest BCUT2D eigenvalue weighted by molar-refractivity contribution is 0.310. The largest absolute Gasteiger partial charge is 0.493 e. The molecule has 2 rings (SSSR count). The first-order valence-corrected chi connectivity index (χ1v) is 8.99. The number of rotatable bonds is 7. The molecule has 1 unspecified atom stereocenters. The average Bonchev–Trinajstić information content (AvgIpc) is 2.59. The summed E-state index contributed by atoms with van der Waals surface area (Å²) >= 11 is 0. The van der Waals surface area contributed by atoms with Crippen LogP contribution in [-0.2, 0) is 11.8 Å². The van der Waals surface area contributed by atoms with Crippen molar-refractivity contribution in [1.82, 2.24) is 0 Å². The topological polar surface area (TPSA) is 44.5 Å². The second-order valence-corrected chi connectivity index (χ2v) is 7.43. The van der Waals surface area contributed by atoms with Crippen molar-refractivity contribution in [1.29, 1.82) is 0 Å². The third-order valence-electron chi connectivity index (χ3n) is 4.54. The second kappa shape index (κ2) is 8.39. The van der Waals surface area contributed by atoms with Gasteiger partial charge in [-0.1, -0.05) is 51.1 Å². The highest BCUT2D eigenvalue weighted by atomic mass is 16.5. The van der Waals surface area contributed by atoms with Crippen LogP contribution >= 0.6 is 0 Å². The quantitative estimate of drug-likeness (QED) is 0.795. The smallest absolute Gasteiger partial charge is 0.161 e. The van der Waals surface area contributed by atoms with Crippen LogP contribution in [0.2, 0.25) is 0 Å². The third-order valence-corrected chi connectivity index (χ3v) is 4.54. The van der Waals surface area contributed by atoms with Crippen LogP contribution in [0.4, 0.5) is 0 Å². The molecule has 3 heteroatoms. The Labute approximate surface area is 152 Å². The van der Waals surface area contributed by atoms with Crippen molar-refractivity contribution < 1.29 is 9.47 Å². The molecule has 0 aliphatic heterocycles. The molecule has 25 heavy (non-hydrogen) atoms. The minimum absolute atomic E-state index is 0.166. The standard InChI is InChI=1S/C22H31NO2/c1-6-25-21-14-16(7-12-20(21)24-5)13-18(15-23)17-8-10-19(11-9-17)22(2,3)4/h7-12,14,18H,6,13,15,23H2,1-5H3. The first-order valence-electron chi connectivity index (χ1n) is 8.99. The Morgan fingerprint density at radius 2 is 1.68 bits per heavy atom. The fraction of sp³-hybridized carbons (Fsp3) is 0.455. The fourth-order valence-corrected chi connectivity index (χ4v) is 2.99. The zero-order valence-corrected chi connectivity index (χ0v) is 16.1. The van der Waals surface area contributed by atoms with E-state index in [1.807, 2.05) is 13.0 Å². The van der Waals surface area contributed by atoms with Crippen LogP contribution in [0.25, 0.3) is 0 Å². The van der Waals surface area contributed by atoms with Gasteiger partial charge < -0.3 is 15.2 Å². The summed E-state index contributed by atoms with van der Waals surface area (Å²) in [7, 11) is 1.66. The molecule has 0 aromatic heterocycles. The SMILES string of the molecule is CCOc1cc(CC(CN)c2ccc(C(C)(C)C)cc2)ccc1OC. The minimum atomic E-state index is 0.166. The van der Waals surface area contributed by atoms with E-state index in [0.29, 0.717) is 13.2 Å². The molecule has 136 valence electrons. The van der Waals surface area contributed by atoms with Gasteiger partial charge in [0.25, 0.3) is 0 Å². The fourth-order valence-electron chi connectivity index (χ4n) is 2.99. The molecule has 0 spiro atoms. The highest BCUT2D eigenvalue weighted by Gasteiger charge is 2.16. The van der Waals surface area contributed by atoms with Gasteiger partial charge in [0.15, 0.2) is 11.5 Å². The zero-order chi connectivity index (χ0) is 18.4. The van der Waals surface area contributed by atoms with Gasteiger partial charge in [-0.15, -0.1) is 0 Å². The Bertz CT molecular complexity index is 671. The van der Waals surface area contributed by atoms with Crippen molar-refractivity contribution in [2.24, 2.45) is 5.73 Å². The van der Waals surface area contributed by atoms with Crippen molar-refractivity contribution in [3.05, 3.63) is 59.2 Å². The number of ether oxygens (including phenoxy) is 2. The van der Waals surface area contributed by atoms with E-state index in [-0.39, 0.29) is 11.3 Å². The van der Waals surface area contributed by atoms with Gasteiger partial charge in [0.05, 0.1) is 13.7 Å². The second-order valence-electron chi connectivity index (χ2n) is 7.43. The lowest BCUT2D eigenvalue weighted by Gasteiger charge is -2.21. The molecule has 1 atom stereocenters. The van der Waals surface area contributed by atoms with Gasteiger partial charge >= 0.3 is 0 Å². The first-order chi connectivity index (χ1) is 11.9. The van der Waals surface area contributed by atoms with Crippen molar-refractivity contribution in [3.8, 4) is 11.5 Å². The number of nitrogens with two attached hydrogens (primary N) is 1. The summed E-state index contributed by atoms with van der Waals surface area (Å²) in [5.74, 6) is 1.85. The van der Waals surface area contributed by atoms with Gasteiger partial charge in [-0.05, 0) is 54.1 Å². The van der Waals surface area contributed by atoms with Crippen LogP contribution in [0.1, 0.15) is 50.3 Å². The highest BCUT2D eigenvalue weighted by Crippen LogP contribution is 2.31. The highest BCUT2D eigenvalue weighted by molar-refractivity contribution is 5.43. The number of methoxy groups -OCH3 is 1. The molecule has 2 aromatic carbocycles. The van der Waals surface area contributed by atoms with E-state index in [2.05, 4.69) is 57.2 Å². The Hall–Kier alpha value is -2.00. The van der Waals surface area contributed by atoms with Crippen LogP contribution in [0, 0.1) is 0 Å². The summed E-state index contributed by atoms with van der Waals surface area (Å²) in [6, 6.07) is 15.0. The van der Waals surface area contributed by atoms with Crippen molar-refractivity contribution in [3.63, 3.8) is 0 Å². The summed E-state index contributed by atoms with van der Waals surface area (Å²) in [4.78, 5) is 0. The van der Waals surface area contributed by atoms with Crippen LogP contribution in [0.5, 0.6) is 11.5 Å². The Morgan fingerprint density at radius 3 is 2.20 bits per heavy atom. The van der Waals surface area contributed by atoms with Gasteiger partial charge in [-0.3, -0.25) is 0 Å². The monoisotopic (exact) mass is 341 g/mol. The summed E-state index contributed by atoms with van der Waals surface area (Å²) in [5, 5.41) is 0. The van der Waals surface area contributed by atoms with Crippen LogP contribution in [-0.4, -0.2) is 20.3 Å². The van der Waals surface area contributed by atoms with Crippen molar-refractivity contribution in [2.75, 3.05) is 20.3 Å². The molecule has 0 aliphatic carbocycles. The van der Waals surface area contributed by atoms with Crippen LogP contribution < -0.4 is 15.2 Å². The molecule has 0 saturated carbocycles. The van der Waals surface area contributed by atoms with E-state index >= 15 is 0 Å². The van der Waals surface area contributed by atoms with Crippen molar-refractivity contribution >= 4 is 0 Å². The molecule has 0 bridgehead atoms. The summed E-state index contributed by atoms with van der Waals surface area (Å²) in [6.07, 6.45) is 0.884. The number of benzene rings is 2. The van der Waals surface area contributed by atoms with E-state index in [9.17, 15) is 0 Å². The molecule has 0 fully saturated rings. The predicted octanol–water partition coefficient (Wildman–Crippen LogP) is 4.68. The number of hydrogen-bond acceptors (Lipinski definition) is 3. The van der Waals surface area contributed by atoms with Gasteiger partial charge in [-0.25, -0.2) is 0 Å². The zero-order valence-electron chi connectivity index (χ0n) is 16.1. The molecule has 2 aromatic rings. The maximum Gasteiger partial charge on any atom is 0.161 e. The van der Waals surface area contributed by atoms with Gasteiger partial charge in [-0.2, -0.15) is 0 Å². The molecule has 0 aliphatic rings. The Morgan fingerprint density at radius 1 is 1.00 bits per heavy atom. The van der Waals surface area contributed by atoms with E-state index < -0.39 is 0 Å². The average molecular weight is 341 g/mol. The van der Waals surface area contributed by atoms with E-state index in [1.54, 1.807) is 7.11 Å². The minimum Gasteiger partial charge on any atom is -0.493 e. The van der Waals surface area contributed by atoms with Gasteiger partial charge in [0.2, 0.25) is 0 Å². The van der Waals surface area contributed by atoms with E-state index in [4.69, 9.17) is 15.2 Å². The summed E-state index contributed by atoms with van der Waals surface area (Å²) in [6.45, 7) is 9.91. The molecule has 2 N–H and O–H groups in total. The molecule has 3 nitrogen and oxygen atoms in total. The van der Waals surface area contributed by atoms with Crippen molar-refractivity contribution in [2.45, 2.75) is 45.4 Å². The molecule has 0 heterocycles. The third kappa shape index (κ3) is 4.99. The summed E-state index contributed by atoms with van der Waals surface area (Å²) in [5.41, 5.74) is 10.1.